The van der Waals surface area contributed by atoms with E-state index in [4.69, 9.17) is 0 Å². The predicted molar refractivity (Wildman–Crippen MR) is 72.4 cm³/mol. The molecule has 5 heteroatoms. The molecule has 0 aliphatic rings. The molecule has 0 saturated carbocycles. The second-order valence-electron chi connectivity index (χ2n) is 4.98. The van der Waals surface area contributed by atoms with E-state index < -0.39 is 0 Å². The van der Waals surface area contributed by atoms with Crippen LogP contribution in [0.15, 0.2) is 6.07 Å². The SMILES string of the molecule is Cc1cc(C)nc(NC(C)C(=O)NCC(C)C)n1. The Balaban J connectivity index is 2.58. The van der Waals surface area contributed by atoms with Gasteiger partial charge in [-0.05, 0) is 32.8 Å². The van der Waals surface area contributed by atoms with E-state index in [1.165, 1.54) is 0 Å². The van der Waals surface area contributed by atoms with Gasteiger partial charge in [0.25, 0.3) is 0 Å². The van der Waals surface area contributed by atoms with E-state index in [1.807, 2.05) is 19.9 Å². The summed E-state index contributed by atoms with van der Waals surface area (Å²) in [7, 11) is 0. The van der Waals surface area contributed by atoms with E-state index in [-0.39, 0.29) is 11.9 Å². The lowest BCUT2D eigenvalue weighted by Gasteiger charge is -2.15. The highest BCUT2D eigenvalue weighted by Crippen LogP contribution is 2.05. The highest BCUT2D eigenvalue weighted by Gasteiger charge is 2.13. The molecule has 1 rings (SSSR count). The molecule has 100 valence electrons. The Bertz CT molecular complexity index is 397. The molecule has 0 saturated heterocycles. The molecule has 1 aromatic heterocycles. The normalized spacial score (nSPS) is 12.3. The van der Waals surface area contributed by atoms with Crippen molar-refractivity contribution in [1.29, 1.82) is 0 Å². The van der Waals surface area contributed by atoms with Crippen LogP contribution in [0.2, 0.25) is 0 Å². The highest BCUT2D eigenvalue weighted by atomic mass is 16.2. The van der Waals surface area contributed by atoms with E-state index in [2.05, 4.69) is 34.4 Å². The van der Waals surface area contributed by atoms with Crippen molar-refractivity contribution >= 4 is 11.9 Å². The molecule has 0 aromatic carbocycles. The standard InChI is InChI=1S/C13H22N4O/c1-8(2)7-14-12(18)11(5)17-13-15-9(3)6-10(4)16-13/h6,8,11H,7H2,1-5H3,(H,14,18)(H,15,16,17). The molecule has 5 nitrogen and oxygen atoms in total. The van der Waals surface area contributed by atoms with Gasteiger partial charge in [0.15, 0.2) is 0 Å². The highest BCUT2D eigenvalue weighted by molar-refractivity contribution is 5.83. The van der Waals surface area contributed by atoms with Crippen LogP contribution in [-0.4, -0.2) is 28.5 Å². The first-order valence-corrected chi connectivity index (χ1v) is 6.25. The molecule has 1 heterocycles. The maximum atomic E-state index is 11.8. The second-order valence-corrected chi connectivity index (χ2v) is 4.98. The Labute approximate surface area is 108 Å². The van der Waals surface area contributed by atoms with Crippen LogP contribution in [-0.2, 0) is 4.79 Å². The summed E-state index contributed by atoms with van der Waals surface area (Å²) in [6.45, 7) is 10.4. The first kappa shape index (κ1) is 14.4. The van der Waals surface area contributed by atoms with Crippen molar-refractivity contribution in [2.24, 2.45) is 5.92 Å². The maximum Gasteiger partial charge on any atom is 0.242 e. The number of hydrogen-bond acceptors (Lipinski definition) is 4. The molecule has 0 radical (unpaired) electrons. The quantitative estimate of drug-likeness (QED) is 0.834. The summed E-state index contributed by atoms with van der Waals surface area (Å²) in [5, 5.41) is 5.89. The molecular formula is C13H22N4O. The zero-order valence-corrected chi connectivity index (χ0v) is 11.7. The molecule has 1 unspecified atom stereocenters. The molecule has 1 aromatic rings. The van der Waals surface area contributed by atoms with Crippen LogP contribution in [0.4, 0.5) is 5.95 Å². The second kappa shape index (κ2) is 6.33. The smallest absolute Gasteiger partial charge is 0.242 e. The average Bonchev–Trinajstić information content (AvgIpc) is 2.24. The number of aromatic nitrogens is 2. The number of aryl methyl sites for hydroxylation is 2. The van der Waals surface area contributed by atoms with E-state index in [9.17, 15) is 4.79 Å². The third kappa shape index (κ3) is 4.69. The van der Waals surface area contributed by atoms with Gasteiger partial charge in [0.05, 0.1) is 0 Å². The number of rotatable bonds is 5. The fourth-order valence-corrected chi connectivity index (χ4v) is 1.51. The summed E-state index contributed by atoms with van der Waals surface area (Å²) < 4.78 is 0. The molecule has 0 aliphatic carbocycles. The predicted octanol–water partition coefficient (Wildman–Crippen LogP) is 1.67. The summed E-state index contributed by atoms with van der Waals surface area (Å²) in [6, 6.07) is 1.55. The summed E-state index contributed by atoms with van der Waals surface area (Å²) in [6.07, 6.45) is 0. The van der Waals surface area contributed by atoms with Gasteiger partial charge in [0.2, 0.25) is 11.9 Å². The summed E-state index contributed by atoms with van der Waals surface area (Å²) in [5.41, 5.74) is 1.78. The summed E-state index contributed by atoms with van der Waals surface area (Å²) in [5.74, 6) is 0.907. The van der Waals surface area contributed by atoms with Crippen molar-refractivity contribution in [1.82, 2.24) is 15.3 Å². The van der Waals surface area contributed by atoms with E-state index >= 15 is 0 Å². The maximum absolute atomic E-state index is 11.8. The number of carbonyl (C=O) groups excluding carboxylic acids is 1. The van der Waals surface area contributed by atoms with Crippen molar-refractivity contribution in [3.63, 3.8) is 0 Å². The third-order valence-corrected chi connectivity index (χ3v) is 2.41. The Morgan fingerprint density at radius 2 is 1.78 bits per heavy atom. The number of anilines is 1. The third-order valence-electron chi connectivity index (χ3n) is 2.41. The molecule has 1 amide bonds. The number of amides is 1. The van der Waals surface area contributed by atoms with Crippen LogP contribution in [0.1, 0.15) is 32.2 Å². The van der Waals surface area contributed by atoms with Crippen molar-refractivity contribution < 1.29 is 4.79 Å². The largest absolute Gasteiger partial charge is 0.354 e. The van der Waals surface area contributed by atoms with Crippen molar-refractivity contribution in [3.05, 3.63) is 17.5 Å². The van der Waals surface area contributed by atoms with Gasteiger partial charge in [-0.15, -0.1) is 0 Å². The molecule has 0 spiro atoms. The molecule has 0 fully saturated rings. The molecular weight excluding hydrogens is 228 g/mol. The Morgan fingerprint density at radius 1 is 1.22 bits per heavy atom. The molecule has 0 bridgehead atoms. The Kier molecular flexibility index (Phi) is 5.07. The van der Waals surface area contributed by atoms with Gasteiger partial charge in [0.1, 0.15) is 6.04 Å². The number of hydrogen-bond donors (Lipinski definition) is 2. The topological polar surface area (TPSA) is 66.9 Å². The molecule has 18 heavy (non-hydrogen) atoms. The van der Waals surface area contributed by atoms with Crippen LogP contribution in [0, 0.1) is 19.8 Å². The zero-order valence-electron chi connectivity index (χ0n) is 11.7. The van der Waals surface area contributed by atoms with Crippen molar-refractivity contribution in [2.45, 2.75) is 40.7 Å². The van der Waals surface area contributed by atoms with Crippen LogP contribution >= 0.6 is 0 Å². The van der Waals surface area contributed by atoms with E-state index in [1.54, 1.807) is 6.92 Å². The minimum absolute atomic E-state index is 0.0357. The summed E-state index contributed by atoms with van der Waals surface area (Å²) in [4.78, 5) is 20.3. The zero-order chi connectivity index (χ0) is 13.7. The van der Waals surface area contributed by atoms with Crippen molar-refractivity contribution in [3.8, 4) is 0 Å². The number of carbonyl (C=O) groups is 1. The minimum atomic E-state index is -0.343. The van der Waals surface area contributed by atoms with Crippen LogP contribution in [0.3, 0.4) is 0 Å². The van der Waals surface area contributed by atoms with E-state index in [0.717, 1.165) is 11.4 Å². The van der Waals surface area contributed by atoms with Crippen LogP contribution < -0.4 is 10.6 Å². The molecule has 2 N–H and O–H groups in total. The number of nitrogens with one attached hydrogen (secondary N) is 2. The van der Waals surface area contributed by atoms with Gasteiger partial charge in [-0.1, -0.05) is 13.8 Å². The minimum Gasteiger partial charge on any atom is -0.354 e. The fourth-order valence-electron chi connectivity index (χ4n) is 1.51. The van der Waals surface area contributed by atoms with Crippen LogP contribution in [0.5, 0.6) is 0 Å². The summed E-state index contributed by atoms with van der Waals surface area (Å²) >= 11 is 0. The van der Waals surface area contributed by atoms with Gasteiger partial charge in [0, 0.05) is 17.9 Å². The number of nitrogens with zero attached hydrogens (tertiary/aromatic N) is 2. The first-order chi connectivity index (χ1) is 8.38. The van der Waals surface area contributed by atoms with Gasteiger partial charge in [-0.3, -0.25) is 4.79 Å². The monoisotopic (exact) mass is 250 g/mol. The Morgan fingerprint density at radius 3 is 2.28 bits per heavy atom. The lowest BCUT2D eigenvalue weighted by molar-refractivity contribution is -0.121. The lowest BCUT2D eigenvalue weighted by Crippen LogP contribution is -2.39. The fraction of sp³-hybridized carbons (Fsp3) is 0.615. The van der Waals surface area contributed by atoms with E-state index in [0.29, 0.717) is 18.4 Å². The first-order valence-electron chi connectivity index (χ1n) is 6.25. The van der Waals surface area contributed by atoms with Crippen LogP contribution in [0.25, 0.3) is 0 Å². The van der Waals surface area contributed by atoms with Gasteiger partial charge in [-0.25, -0.2) is 9.97 Å². The Hall–Kier alpha value is -1.65. The average molecular weight is 250 g/mol. The molecule has 1 atom stereocenters. The molecule has 0 aliphatic heterocycles. The van der Waals surface area contributed by atoms with Gasteiger partial charge in [-0.2, -0.15) is 0 Å². The van der Waals surface area contributed by atoms with Gasteiger partial charge < -0.3 is 10.6 Å². The van der Waals surface area contributed by atoms with Crippen molar-refractivity contribution in [2.75, 3.05) is 11.9 Å². The lowest BCUT2D eigenvalue weighted by atomic mass is 10.2. The van der Waals surface area contributed by atoms with Gasteiger partial charge >= 0.3 is 0 Å².